The summed E-state index contributed by atoms with van der Waals surface area (Å²) in [7, 11) is -4.02. The second kappa shape index (κ2) is 8.60. The van der Waals surface area contributed by atoms with E-state index in [9.17, 15) is 4.79 Å². The van der Waals surface area contributed by atoms with Crippen molar-refractivity contribution >= 4 is 33.5 Å². The van der Waals surface area contributed by atoms with Gasteiger partial charge in [-0.2, -0.15) is 10.1 Å². The van der Waals surface area contributed by atoms with Crippen LogP contribution in [0.1, 0.15) is 54.2 Å². The van der Waals surface area contributed by atoms with Crippen LogP contribution in [0.15, 0.2) is 11.0 Å². The lowest BCUT2D eigenvalue weighted by Gasteiger charge is -2.40. The average molecular weight is 496 g/mol. The molecular formula is C22H41N5O4Si2. The molecule has 0 aliphatic carbocycles. The Morgan fingerprint density at radius 1 is 1.15 bits per heavy atom. The summed E-state index contributed by atoms with van der Waals surface area (Å²) in [5.74, 6) is 0.251. The molecule has 0 bridgehead atoms. The molecule has 1 fully saturated rings. The number of fused-ring (bicyclic) bond motifs is 1. The Balaban J connectivity index is 1.91. The Hall–Kier alpha value is -1.54. The molecule has 186 valence electrons. The van der Waals surface area contributed by atoms with Gasteiger partial charge in [0.05, 0.1) is 24.3 Å². The molecule has 0 amide bonds. The molecule has 2 aromatic rings. The van der Waals surface area contributed by atoms with E-state index in [1.807, 2.05) is 0 Å². The van der Waals surface area contributed by atoms with Gasteiger partial charge in [-0.1, -0.05) is 41.5 Å². The monoisotopic (exact) mass is 495 g/mol. The molecule has 1 saturated heterocycles. The number of nitrogen functional groups attached to an aromatic ring is 1. The second-order valence-electron chi connectivity index (χ2n) is 12.1. The minimum atomic E-state index is -2.05. The summed E-state index contributed by atoms with van der Waals surface area (Å²) in [6, 6.07) is 0. The summed E-state index contributed by atoms with van der Waals surface area (Å²) in [6.45, 7) is 22.8. The molecule has 3 rings (SSSR count). The SMILES string of the molecule is CC(C)(C)[Si](C)(C)OC[C@H]1O[C@@H](n2ncc3c(N)[nH]c(=O)nc32)C[C@@H]1O[Si](C)(C)C(C)(C)C. The van der Waals surface area contributed by atoms with Gasteiger partial charge in [0, 0.05) is 6.42 Å². The molecule has 11 heteroatoms. The summed E-state index contributed by atoms with van der Waals surface area (Å²) in [5.41, 5.74) is 5.87. The zero-order valence-electron chi connectivity index (χ0n) is 21.8. The third kappa shape index (κ3) is 5.27. The van der Waals surface area contributed by atoms with Crippen molar-refractivity contribution < 1.29 is 13.6 Å². The number of aromatic amines is 1. The van der Waals surface area contributed by atoms with Crippen LogP contribution in [0.3, 0.4) is 0 Å². The highest BCUT2D eigenvalue weighted by Crippen LogP contribution is 2.42. The molecule has 0 aromatic carbocycles. The highest BCUT2D eigenvalue weighted by molar-refractivity contribution is 6.74. The van der Waals surface area contributed by atoms with Crippen molar-refractivity contribution in [2.75, 3.05) is 12.3 Å². The van der Waals surface area contributed by atoms with Crippen molar-refractivity contribution in [3.8, 4) is 0 Å². The highest BCUT2D eigenvalue weighted by Gasteiger charge is 2.47. The number of nitrogens with one attached hydrogen (secondary N) is 1. The third-order valence-corrected chi connectivity index (χ3v) is 16.6. The third-order valence-electron chi connectivity index (χ3n) is 7.63. The number of nitrogens with two attached hydrogens (primary N) is 1. The number of hydrogen-bond donors (Lipinski definition) is 2. The summed E-state index contributed by atoms with van der Waals surface area (Å²) in [5, 5.41) is 5.22. The average Bonchev–Trinajstić information content (AvgIpc) is 3.21. The summed E-state index contributed by atoms with van der Waals surface area (Å²) < 4.78 is 21.5. The minimum Gasteiger partial charge on any atom is -0.414 e. The van der Waals surface area contributed by atoms with E-state index in [-0.39, 0.29) is 28.1 Å². The first-order chi connectivity index (χ1) is 14.9. The molecule has 0 spiro atoms. The van der Waals surface area contributed by atoms with Crippen LogP contribution in [-0.2, 0) is 13.6 Å². The summed E-state index contributed by atoms with van der Waals surface area (Å²) >= 11 is 0. The van der Waals surface area contributed by atoms with Gasteiger partial charge in [-0.25, -0.2) is 9.48 Å². The molecule has 3 N–H and O–H groups in total. The molecule has 0 radical (unpaired) electrons. The maximum absolute atomic E-state index is 11.9. The number of anilines is 1. The topological polar surface area (TPSA) is 117 Å². The minimum absolute atomic E-state index is 0.0671. The van der Waals surface area contributed by atoms with E-state index in [1.54, 1.807) is 10.9 Å². The van der Waals surface area contributed by atoms with Crippen molar-refractivity contribution in [1.29, 1.82) is 0 Å². The second-order valence-corrected chi connectivity index (χ2v) is 21.7. The van der Waals surface area contributed by atoms with Crippen molar-refractivity contribution in [3.63, 3.8) is 0 Å². The van der Waals surface area contributed by atoms with Crippen LogP contribution in [0.4, 0.5) is 5.82 Å². The lowest BCUT2D eigenvalue weighted by molar-refractivity contribution is -0.0424. The molecule has 1 aliphatic rings. The van der Waals surface area contributed by atoms with E-state index in [2.05, 4.69) is 82.8 Å². The lowest BCUT2D eigenvalue weighted by atomic mass is 10.2. The van der Waals surface area contributed by atoms with Crippen LogP contribution in [-0.4, -0.2) is 55.2 Å². The fraction of sp³-hybridized carbons (Fsp3) is 0.773. The van der Waals surface area contributed by atoms with Crippen LogP contribution in [0, 0.1) is 0 Å². The van der Waals surface area contributed by atoms with Gasteiger partial charge >= 0.3 is 5.69 Å². The first kappa shape index (κ1) is 26.1. The normalized spacial score (nSPS) is 22.9. The van der Waals surface area contributed by atoms with Crippen molar-refractivity contribution in [2.45, 2.75) is 103 Å². The van der Waals surface area contributed by atoms with Crippen LogP contribution in [0.2, 0.25) is 36.3 Å². The van der Waals surface area contributed by atoms with Gasteiger partial charge in [-0.15, -0.1) is 0 Å². The van der Waals surface area contributed by atoms with Crippen molar-refractivity contribution in [2.24, 2.45) is 0 Å². The first-order valence-corrected chi connectivity index (χ1v) is 17.4. The van der Waals surface area contributed by atoms with E-state index in [0.29, 0.717) is 24.1 Å². The molecule has 33 heavy (non-hydrogen) atoms. The number of H-pyrrole nitrogens is 1. The Morgan fingerprint density at radius 3 is 2.33 bits per heavy atom. The Morgan fingerprint density at radius 2 is 1.76 bits per heavy atom. The standard InChI is InChI=1S/C22H41N5O4Si2/c1-21(2,3)32(7,8)29-13-16-15(31-33(9,10)22(4,5)6)11-17(30-16)27-19-14(12-24-27)18(23)25-20(28)26-19/h12,15-17H,11,13H2,1-10H3,(H3,23,25,26,28)/t15-,16+,17+/m0/s1. The summed E-state index contributed by atoms with van der Waals surface area (Å²) in [4.78, 5) is 18.6. The lowest BCUT2D eigenvalue weighted by Crippen LogP contribution is -2.48. The molecule has 0 unspecified atom stereocenters. The maximum Gasteiger partial charge on any atom is 0.348 e. The zero-order valence-corrected chi connectivity index (χ0v) is 23.8. The van der Waals surface area contributed by atoms with E-state index in [0.717, 1.165) is 0 Å². The molecule has 9 nitrogen and oxygen atoms in total. The van der Waals surface area contributed by atoms with Crippen LogP contribution in [0.25, 0.3) is 11.0 Å². The fourth-order valence-electron chi connectivity index (χ4n) is 3.36. The van der Waals surface area contributed by atoms with Gasteiger partial charge in [0.15, 0.2) is 28.5 Å². The van der Waals surface area contributed by atoms with Crippen LogP contribution < -0.4 is 11.4 Å². The summed E-state index contributed by atoms with van der Waals surface area (Å²) in [6.07, 6.45) is 1.42. The van der Waals surface area contributed by atoms with E-state index >= 15 is 0 Å². The Labute approximate surface area is 198 Å². The largest absolute Gasteiger partial charge is 0.414 e. The predicted octanol–water partition coefficient (Wildman–Crippen LogP) is 4.40. The van der Waals surface area contributed by atoms with Gasteiger partial charge < -0.3 is 19.3 Å². The van der Waals surface area contributed by atoms with Crippen molar-refractivity contribution in [3.05, 3.63) is 16.7 Å². The van der Waals surface area contributed by atoms with E-state index in [4.69, 9.17) is 19.3 Å². The fourth-order valence-corrected chi connectivity index (χ4v) is 5.73. The smallest absolute Gasteiger partial charge is 0.348 e. The molecule has 0 saturated carbocycles. The maximum atomic E-state index is 11.9. The Bertz CT molecular complexity index is 1050. The first-order valence-electron chi connectivity index (χ1n) is 11.6. The molecule has 3 heterocycles. The molecule has 3 atom stereocenters. The van der Waals surface area contributed by atoms with Gasteiger partial charge in [0.2, 0.25) is 0 Å². The van der Waals surface area contributed by atoms with E-state index < -0.39 is 28.6 Å². The molecule has 1 aliphatic heterocycles. The van der Waals surface area contributed by atoms with Gasteiger partial charge in [-0.3, -0.25) is 4.98 Å². The number of rotatable bonds is 6. The van der Waals surface area contributed by atoms with Crippen molar-refractivity contribution in [1.82, 2.24) is 19.7 Å². The number of aromatic nitrogens is 4. The van der Waals surface area contributed by atoms with Gasteiger partial charge in [-0.05, 0) is 36.3 Å². The van der Waals surface area contributed by atoms with Crippen LogP contribution >= 0.6 is 0 Å². The molecule has 2 aromatic heterocycles. The van der Waals surface area contributed by atoms with Gasteiger partial charge in [0.25, 0.3) is 0 Å². The Kier molecular flexibility index (Phi) is 6.79. The number of hydrogen-bond acceptors (Lipinski definition) is 7. The number of nitrogens with zero attached hydrogens (tertiary/aromatic N) is 3. The number of ether oxygens (including phenoxy) is 1. The van der Waals surface area contributed by atoms with E-state index in [1.165, 1.54) is 0 Å². The predicted molar refractivity (Wildman–Crippen MR) is 136 cm³/mol. The highest BCUT2D eigenvalue weighted by atomic mass is 28.4. The zero-order chi connectivity index (χ0) is 25.0. The quantitative estimate of drug-likeness (QED) is 0.570. The molecular weight excluding hydrogens is 454 g/mol. The van der Waals surface area contributed by atoms with Crippen LogP contribution in [0.5, 0.6) is 0 Å². The van der Waals surface area contributed by atoms with Gasteiger partial charge in [0.1, 0.15) is 11.9 Å².